The highest BCUT2D eigenvalue weighted by atomic mass is 16.6. The van der Waals surface area contributed by atoms with Gasteiger partial charge in [0.25, 0.3) is 0 Å². The molecule has 0 aromatic heterocycles. The summed E-state index contributed by atoms with van der Waals surface area (Å²) in [5.74, 6) is -1.10. The zero-order valence-electron chi connectivity index (χ0n) is 41.4. The molecule has 6 heteroatoms. The van der Waals surface area contributed by atoms with Crippen molar-refractivity contribution in [2.75, 3.05) is 13.2 Å². The van der Waals surface area contributed by atoms with Crippen molar-refractivity contribution in [3.05, 3.63) is 170 Å². The van der Waals surface area contributed by atoms with Crippen LogP contribution in [-0.4, -0.2) is 37.2 Å². The first-order valence-electron chi connectivity index (χ1n) is 25.2. The second-order valence-electron chi connectivity index (χ2n) is 15.7. The van der Waals surface area contributed by atoms with Crippen molar-refractivity contribution in [1.29, 1.82) is 0 Å². The van der Waals surface area contributed by atoms with Gasteiger partial charge in [0.2, 0.25) is 0 Å². The average Bonchev–Trinajstić information content (AvgIpc) is 3.31. The van der Waals surface area contributed by atoms with Crippen LogP contribution < -0.4 is 0 Å². The molecule has 66 heavy (non-hydrogen) atoms. The number of carbonyl (C=O) groups is 3. The summed E-state index contributed by atoms with van der Waals surface area (Å²) in [4.78, 5) is 37.9. The summed E-state index contributed by atoms with van der Waals surface area (Å²) in [5, 5.41) is 0. The van der Waals surface area contributed by atoms with Gasteiger partial charge in [0.1, 0.15) is 13.2 Å². The van der Waals surface area contributed by atoms with Crippen LogP contribution in [0.25, 0.3) is 0 Å². The van der Waals surface area contributed by atoms with Crippen molar-refractivity contribution >= 4 is 17.9 Å². The van der Waals surface area contributed by atoms with Crippen molar-refractivity contribution in [1.82, 2.24) is 0 Å². The van der Waals surface area contributed by atoms with Gasteiger partial charge in [0.05, 0.1) is 0 Å². The van der Waals surface area contributed by atoms with Gasteiger partial charge >= 0.3 is 17.9 Å². The Bertz CT molecular complexity index is 1600. The molecule has 0 N–H and O–H groups in total. The van der Waals surface area contributed by atoms with E-state index in [0.29, 0.717) is 19.3 Å². The number of esters is 3. The lowest BCUT2D eigenvalue weighted by molar-refractivity contribution is -0.166. The average molecular weight is 905 g/mol. The van der Waals surface area contributed by atoms with E-state index in [4.69, 9.17) is 14.2 Å². The van der Waals surface area contributed by atoms with Crippen LogP contribution in [0.2, 0.25) is 0 Å². The Morgan fingerprint density at radius 1 is 0.318 bits per heavy atom. The van der Waals surface area contributed by atoms with E-state index in [9.17, 15) is 14.4 Å². The number of allylic oxidation sites excluding steroid dienone is 28. The van der Waals surface area contributed by atoms with E-state index in [-0.39, 0.29) is 44.0 Å². The minimum atomic E-state index is -0.847. The van der Waals surface area contributed by atoms with Crippen LogP contribution in [0, 0.1) is 0 Å². The molecule has 0 aromatic rings. The number of rotatable bonds is 42. The van der Waals surface area contributed by atoms with Crippen LogP contribution in [0.15, 0.2) is 170 Å². The number of unbranched alkanes of at least 4 members (excludes halogenated alkanes) is 8. The molecule has 0 spiro atoms. The summed E-state index contributed by atoms with van der Waals surface area (Å²) in [6, 6.07) is 0. The van der Waals surface area contributed by atoms with E-state index in [1.54, 1.807) is 0 Å². The third-order valence-electron chi connectivity index (χ3n) is 9.62. The monoisotopic (exact) mass is 905 g/mol. The van der Waals surface area contributed by atoms with Crippen molar-refractivity contribution in [2.45, 2.75) is 175 Å². The zero-order valence-corrected chi connectivity index (χ0v) is 41.4. The van der Waals surface area contributed by atoms with E-state index in [1.165, 1.54) is 0 Å². The van der Waals surface area contributed by atoms with Crippen molar-refractivity contribution in [2.24, 2.45) is 0 Å². The third kappa shape index (κ3) is 49.8. The smallest absolute Gasteiger partial charge is 0.306 e. The highest BCUT2D eigenvalue weighted by Crippen LogP contribution is 2.11. The van der Waals surface area contributed by atoms with Crippen molar-refractivity contribution in [3.63, 3.8) is 0 Å². The van der Waals surface area contributed by atoms with Gasteiger partial charge in [-0.15, -0.1) is 0 Å². The molecule has 0 amide bonds. The maximum Gasteiger partial charge on any atom is 0.306 e. The van der Waals surface area contributed by atoms with Crippen LogP contribution in [0.1, 0.15) is 168 Å². The topological polar surface area (TPSA) is 78.9 Å². The molecular formula is C60H88O6. The standard InChI is InChI=1S/C60H88O6/c1-4-7-10-13-16-19-22-25-27-29-30-32-33-35-38-41-44-47-50-53-59(62)65-56-57(55-64-58(61)52-49-46-43-40-37-24-21-18-15-12-9-6-3)66-60(63)54-51-48-45-42-39-36-34-31-28-26-23-20-17-14-11-8-5-2/h7-12,14,16-21,23,25-28,30-32,34-36,38-39,44,47,57H,4-6,13,15,22,24,29,33,37,40-43,45-46,48-56H2,1-3H3/b10-7-,11-8-,12-9-,17-14-,19-16-,21-18-,23-20-,27-25-,28-26-,32-30-,34-31+,38-35-,39-36-,47-44-. The summed E-state index contributed by atoms with van der Waals surface area (Å²) < 4.78 is 16.7. The lowest BCUT2D eigenvalue weighted by Gasteiger charge is -2.18. The van der Waals surface area contributed by atoms with Gasteiger partial charge in [-0.25, -0.2) is 0 Å². The summed E-state index contributed by atoms with van der Waals surface area (Å²) >= 11 is 0. The fraction of sp³-hybridized carbons (Fsp3) is 0.483. The van der Waals surface area contributed by atoms with Gasteiger partial charge in [-0.2, -0.15) is 0 Å². The van der Waals surface area contributed by atoms with Gasteiger partial charge in [0.15, 0.2) is 6.10 Å². The normalized spacial score (nSPS) is 13.6. The fourth-order valence-electron chi connectivity index (χ4n) is 5.95. The van der Waals surface area contributed by atoms with E-state index in [1.807, 2.05) is 72.9 Å². The van der Waals surface area contributed by atoms with Crippen LogP contribution in [0.4, 0.5) is 0 Å². The van der Waals surface area contributed by atoms with Gasteiger partial charge < -0.3 is 14.2 Å². The lowest BCUT2D eigenvalue weighted by Crippen LogP contribution is -2.30. The predicted octanol–water partition coefficient (Wildman–Crippen LogP) is 16.8. The first-order valence-corrected chi connectivity index (χ1v) is 25.2. The molecule has 0 saturated heterocycles. The van der Waals surface area contributed by atoms with Gasteiger partial charge in [-0.1, -0.05) is 217 Å². The molecule has 0 aliphatic heterocycles. The largest absolute Gasteiger partial charge is 0.462 e. The number of carbonyl (C=O) groups excluding carboxylic acids is 3. The molecule has 364 valence electrons. The van der Waals surface area contributed by atoms with Gasteiger partial charge in [-0.3, -0.25) is 14.4 Å². The Morgan fingerprint density at radius 3 is 1.14 bits per heavy atom. The molecule has 6 nitrogen and oxygen atoms in total. The maximum absolute atomic E-state index is 12.8. The van der Waals surface area contributed by atoms with Crippen LogP contribution in [0.3, 0.4) is 0 Å². The molecule has 0 aliphatic rings. The zero-order chi connectivity index (χ0) is 47.9. The Morgan fingerprint density at radius 2 is 0.652 bits per heavy atom. The van der Waals surface area contributed by atoms with Gasteiger partial charge in [-0.05, 0) is 103 Å². The van der Waals surface area contributed by atoms with E-state index in [0.717, 1.165) is 116 Å². The molecule has 0 radical (unpaired) electrons. The summed E-state index contributed by atoms with van der Waals surface area (Å²) in [7, 11) is 0. The Hall–Kier alpha value is -5.23. The van der Waals surface area contributed by atoms with Gasteiger partial charge in [0, 0.05) is 19.3 Å². The first kappa shape index (κ1) is 60.8. The minimum Gasteiger partial charge on any atom is -0.462 e. The predicted molar refractivity (Wildman–Crippen MR) is 283 cm³/mol. The summed E-state index contributed by atoms with van der Waals surface area (Å²) in [6.45, 7) is 6.11. The molecule has 0 fully saturated rings. The van der Waals surface area contributed by atoms with Crippen LogP contribution in [-0.2, 0) is 28.6 Å². The third-order valence-corrected chi connectivity index (χ3v) is 9.62. The fourth-order valence-corrected chi connectivity index (χ4v) is 5.95. The van der Waals surface area contributed by atoms with Crippen molar-refractivity contribution in [3.8, 4) is 0 Å². The Kier molecular flexibility index (Phi) is 48.2. The molecule has 0 rings (SSSR count). The molecule has 0 heterocycles. The molecule has 0 bridgehead atoms. The first-order chi connectivity index (χ1) is 32.5. The second-order valence-corrected chi connectivity index (χ2v) is 15.7. The molecule has 0 aromatic carbocycles. The quantitative estimate of drug-likeness (QED) is 0.0200. The number of hydrogen-bond donors (Lipinski definition) is 0. The van der Waals surface area contributed by atoms with E-state index >= 15 is 0 Å². The molecule has 0 saturated carbocycles. The van der Waals surface area contributed by atoms with E-state index < -0.39 is 6.10 Å². The highest BCUT2D eigenvalue weighted by Gasteiger charge is 2.19. The van der Waals surface area contributed by atoms with Crippen LogP contribution >= 0.6 is 0 Å². The molecular weight excluding hydrogens is 817 g/mol. The summed E-state index contributed by atoms with van der Waals surface area (Å²) in [6.07, 6.45) is 77.7. The SMILES string of the molecule is CC\C=C/C=C\C=C/C=C\C=C\C=C/CCCCCC(=O)OC(COC(=O)CC/C=C\C/C=C\C/C=C\C/C=C\C/C=C\C/C=C\CC)COC(=O)CCCCCCC/C=C\C/C=C\CC. The van der Waals surface area contributed by atoms with Crippen molar-refractivity contribution < 1.29 is 28.6 Å². The van der Waals surface area contributed by atoms with Crippen LogP contribution in [0.5, 0.6) is 0 Å². The Labute approximate surface area is 402 Å². The number of ether oxygens (including phenoxy) is 3. The number of hydrogen-bond acceptors (Lipinski definition) is 6. The summed E-state index contributed by atoms with van der Waals surface area (Å²) in [5.41, 5.74) is 0. The second kappa shape index (κ2) is 52.4. The lowest BCUT2D eigenvalue weighted by atomic mass is 10.1. The molecule has 0 aliphatic carbocycles. The minimum absolute atomic E-state index is 0.137. The van der Waals surface area contributed by atoms with E-state index in [2.05, 4.69) is 118 Å². The molecule has 1 atom stereocenters. The maximum atomic E-state index is 12.8. The highest BCUT2D eigenvalue weighted by molar-refractivity contribution is 5.71. The Balaban J connectivity index is 4.65. The molecule has 1 unspecified atom stereocenters.